The van der Waals surface area contributed by atoms with Gasteiger partial charge in [0, 0.05) is 6.04 Å². The molecule has 3 heteroatoms. The number of aliphatic hydroxyl groups excluding tert-OH is 1. The van der Waals surface area contributed by atoms with E-state index in [0.29, 0.717) is 6.61 Å². The lowest BCUT2D eigenvalue weighted by molar-refractivity contribution is 0.235. The summed E-state index contributed by atoms with van der Waals surface area (Å²) in [7, 11) is 0. The first-order valence-electron chi connectivity index (χ1n) is 7.39. The largest absolute Gasteiger partial charge is 0.494 e. The van der Waals surface area contributed by atoms with Crippen LogP contribution in [-0.4, -0.2) is 18.3 Å². The van der Waals surface area contributed by atoms with Gasteiger partial charge in [-0.2, -0.15) is 0 Å². The molecule has 0 fully saturated rings. The Bertz CT molecular complexity index is 525. The molecular weight excluding hydrogens is 262 g/mol. The molecule has 3 nitrogen and oxygen atoms in total. The van der Waals surface area contributed by atoms with Gasteiger partial charge in [-0.15, -0.1) is 0 Å². The van der Waals surface area contributed by atoms with Gasteiger partial charge >= 0.3 is 0 Å². The van der Waals surface area contributed by atoms with Crippen LogP contribution in [0.2, 0.25) is 0 Å². The Kier molecular flexibility index (Phi) is 5.78. The van der Waals surface area contributed by atoms with Gasteiger partial charge < -0.3 is 15.2 Å². The summed E-state index contributed by atoms with van der Waals surface area (Å²) in [4.78, 5) is 0. The van der Waals surface area contributed by atoms with Crippen molar-refractivity contribution < 1.29 is 9.84 Å². The Balaban J connectivity index is 2.03. The second-order valence-corrected chi connectivity index (χ2v) is 5.04. The summed E-state index contributed by atoms with van der Waals surface area (Å²) < 4.78 is 5.45. The standard InChI is InChI=1S/C18H23NO2/c1-3-21-17-11-9-15(10-12-17)14(2)19-18(13-20)16-7-5-4-6-8-16/h4-12,14,18-20H,3,13H2,1-2H3/t14?,18-/m0/s1. The number of aliphatic hydroxyl groups is 1. The molecule has 0 heterocycles. The third-order valence-corrected chi connectivity index (χ3v) is 3.53. The van der Waals surface area contributed by atoms with Gasteiger partial charge in [0.15, 0.2) is 0 Å². The van der Waals surface area contributed by atoms with Crippen LogP contribution in [0, 0.1) is 0 Å². The molecule has 112 valence electrons. The highest BCUT2D eigenvalue weighted by atomic mass is 16.5. The quantitative estimate of drug-likeness (QED) is 0.818. The Labute approximate surface area is 126 Å². The van der Waals surface area contributed by atoms with E-state index in [0.717, 1.165) is 11.3 Å². The van der Waals surface area contributed by atoms with E-state index in [1.54, 1.807) is 0 Å². The highest BCUT2D eigenvalue weighted by molar-refractivity contribution is 5.29. The van der Waals surface area contributed by atoms with Gasteiger partial charge in [-0.3, -0.25) is 0 Å². The number of hydrogen-bond donors (Lipinski definition) is 2. The zero-order chi connectivity index (χ0) is 15.1. The number of nitrogens with one attached hydrogen (secondary N) is 1. The molecule has 0 aliphatic rings. The fraction of sp³-hybridized carbons (Fsp3) is 0.333. The van der Waals surface area contributed by atoms with Crippen molar-refractivity contribution in [3.05, 3.63) is 65.7 Å². The molecule has 0 aliphatic heterocycles. The third-order valence-electron chi connectivity index (χ3n) is 3.53. The van der Waals surface area contributed by atoms with Gasteiger partial charge in [-0.1, -0.05) is 42.5 Å². The maximum atomic E-state index is 9.61. The van der Waals surface area contributed by atoms with Crippen molar-refractivity contribution in [3.63, 3.8) is 0 Å². The predicted molar refractivity (Wildman–Crippen MR) is 85.4 cm³/mol. The van der Waals surface area contributed by atoms with E-state index in [2.05, 4.69) is 24.4 Å². The van der Waals surface area contributed by atoms with E-state index in [1.165, 1.54) is 5.56 Å². The molecule has 21 heavy (non-hydrogen) atoms. The summed E-state index contributed by atoms with van der Waals surface area (Å²) in [6.07, 6.45) is 0. The molecule has 0 saturated heterocycles. The van der Waals surface area contributed by atoms with Crippen LogP contribution in [0.4, 0.5) is 0 Å². The molecule has 0 aromatic heterocycles. The Morgan fingerprint density at radius 3 is 2.24 bits per heavy atom. The van der Waals surface area contributed by atoms with Crippen LogP contribution in [0.15, 0.2) is 54.6 Å². The van der Waals surface area contributed by atoms with E-state index in [1.807, 2.05) is 49.4 Å². The van der Waals surface area contributed by atoms with E-state index in [4.69, 9.17) is 4.74 Å². The first-order valence-corrected chi connectivity index (χ1v) is 7.39. The highest BCUT2D eigenvalue weighted by Crippen LogP contribution is 2.21. The maximum absolute atomic E-state index is 9.61. The molecule has 0 bridgehead atoms. The second kappa shape index (κ2) is 7.81. The first kappa shape index (κ1) is 15.5. The predicted octanol–water partition coefficient (Wildman–Crippen LogP) is 3.47. The lowest BCUT2D eigenvalue weighted by atomic mass is 10.0. The van der Waals surface area contributed by atoms with Crippen molar-refractivity contribution in [3.8, 4) is 5.75 Å². The van der Waals surface area contributed by atoms with Crippen molar-refractivity contribution in [2.75, 3.05) is 13.2 Å². The summed E-state index contributed by atoms with van der Waals surface area (Å²) in [5.41, 5.74) is 2.27. The second-order valence-electron chi connectivity index (χ2n) is 5.04. The minimum Gasteiger partial charge on any atom is -0.494 e. The van der Waals surface area contributed by atoms with E-state index >= 15 is 0 Å². The lowest BCUT2D eigenvalue weighted by Crippen LogP contribution is -2.27. The van der Waals surface area contributed by atoms with Crippen LogP contribution < -0.4 is 10.1 Å². The van der Waals surface area contributed by atoms with Gasteiger partial charge in [0.05, 0.1) is 19.3 Å². The van der Waals surface area contributed by atoms with Crippen LogP contribution >= 0.6 is 0 Å². The van der Waals surface area contributed by atoms with E-state index in [-0.39, 0.29) is 18.7 Å². The van der Waals surface area contributed by atoms with Gasteiger partial charge in [-0.25, -0.2) is 0 Å². The zero-order valence-electron chi connectivity index (χ0n) is 12.6. The first-order chi connectivity index (χ1) is 10.2. The summed E-state index contributed by atoms with van der Waals surface area (Å²) in [5, 5.41) is 13.1. The Morgan fingerprint density at radius 2 is 1.67 bits per heavy atom. The maximum Gasteiger partial charge on any atom is 0.119 e. The highest BCUT2D eigenvalue weighted by Gasteiger charge is 2.14. The van der Waals surface area contributed by atoms with Gasteiger partial charge in [-0.05, 0) is 37.1 Å². The van der Waals surface area contributed by atoms with Crippen LogP contribution in [0.3, 0.4) is 0 Å². The van der Waals surface area contributed by atoms with Crippen LogP contribution in [0.1, 0.15) is 37.1 Å². The van der Waals surface area contributed by atoms with Crippen molar-refractivity contribution in [2.45, 2.75) is 25.9 Å². The van der Waals surface area contributed by atoms with Crippen LogP contribution in [0.25, 0.3) is 0 Å². The molecule has 0 saturated carbocycles. The third kappa shape index (κ3) is 4.31. The zero-order valence-corrected chi connectivity index (χ0v) is 12.6. The van der Waals surface area contributed by atoms with Crippen LogP contribution in [-0.2, 0) is 0 Å². The summed E-state index contributed by atoms with van der Waals surface area (Å²) in [6.45, 7) is 4.82. The number of ether oxygens (including phenoxy) is 1. The van der Waals surface area contributed by atoms with Crippen molar-refractivity contribution in [1.29, 1.82) is 0 Å². The smallest absolute Gasteiger partial charge is 0.119 e. The average Bonchev–Trinajstić information content (AvgIpc) is 2.54. The molecule has 2 rings (SSSR count). The number of benzene rings is 2. The average molecular weight is 285 g/mol. The summed E-state index contributed by atoms with van der Waals surface area (Å²) >= 11 is 0. The fourth-order valence-corrected chi connectivity index (χ4v) is 2.36. The molecule has 2 aromatic rings. The normalized spacial score (nSPS) is 13.7. The van der Waals surface area contributed by atoms with Crippen molar-refractivity contribution in [1.82, 2.24) is 5.32 Å². The van der Waals surface area contributed by atoms with Gasteiger partial charge in [0.1, 0.15) is 5.75 Å². The Hall–Kier alpha value is -1.84. The number of rotatable bonds is 7. The molecule has 0 spiro atoms. The molecular formula is C18H23NO2. The Morgan fingerprint density at radius 1 is 1.00 bits per heavy atom. The van der Waals surface area contributed by atoms with Gasteiger partial charge in [0.25, 0.3) is 0 Å². The summed E-state index contributed by atoms with van der Waals surface area (Å²) in [6, 6.07) is 18.2. The molecule has 2 aromatic carbocycles. The SMILES string of the molecule is CCOc1ccc(C(C)N[C@@H](CO)c2ccccc2)cc1. The van der Waals surface area contributed by atoms with E-state index < -0.39 is 0 Å². The minimum absolute atomic E-state index is 0.0623. The molecule has 0 amide bonds. The molecule has 1 unspecified atom stereocenters. The molecule has 0 radical (unpaired) electrons. The molecule has 0 aliphatic carbocycles. The van der Waals surface area contributed by atoms with Crippen LogP contribution in [0.5, 0.6) is 5.75 Å². The van der Waals surface area contributed by atoms with Gasteiger partial charge in [0.2, 0.25) is 0 Å². The molecule has 2 atom stereocenters. The molecule has 2 N–H and O–H groups in total. The van der Waals surface area contributed by atoms with Crippen molar-refractivity contribution >= 4 is 0 Å². The monoisotopic (exact) mass is 285 g/mol. The topological polar surface area (TPSA) is 41.5 Å². The summed E-state index contributed by atoms with van der Waals surface area (Å²) in [5.74, 6) is 0.884. The van der Waals surface area contributed by atoms with Crippen molar-refractivity contribution in [2.24, 2.45) is 0 Å². The minimum atomic E-state index is -0.0623. The lowest BCUT2D eigenvalue weighted by Gasteiger charge is -2.22. The van der Waals surface area contributed by atoms with E-state index in [9.17, 15) is 5.11 Å². The fourth-order valence-electron chi connectivity index (χ4n) is 2.36. The number of hydrogen-bond acceptors (Lipinski definition) is 3.